The topological polar surface area (TPSA) is 75.4 Å². The summed E-state index contributed by atoms with van der Waals surface area (Å²) in [6.45, 7) is 3.95. The summed E-state index contributed by atoms with van der Waals surface area (Å²) in [5.74, 6) is -0.241. The Balaban J connectivity index is 4.58. The predicted molar refractivity (Wildman–Crippen MR) is 71.5 cm³/mol. The maximum absolute atomic E-state index is 12.2. The maximum atomic E-state index is 12.2. The lowest BCUT2D eigenvalue weighted by Crippen LogP contribution is -2.47. The molecule has 0 saturated carbocycles. The molecule has 0 aromatic rings. The molecule has 1 atom stereocenters. The van der Waals surface area contributed by atoms with Crippen LogP contribution in [0.25, 0.3) is 0 Å². The Kier molecular flexibility index (Phi) is 6.09. The van der Waals surface area contributed by atoms with E-state index in [1.807, 2.05) is 6.92 Å². The first-order valence-electron chi connectivity index (χ1n) is 5.55. The molecule has 3 N–H and O–H groups in total. The van der Waals surface area contributed by atoms with Gasteiger partial charge in [-0.15, -0.1) is 0 Å². The number of rotatable bonds is 6. The minimum Gasteiger partial charge on any atom is -0.392 e. The van der Waals surface area contributed by atoms with Crippen molar-refractivity contribution in [2.24, 2.45) is 11.1 Å². The smallest absolute Gasteiger partial charge is 0.235 e. The van der Waals surface area contributed by atoms with Crippen LogP contribution in [0.4, 0.5) is 0 Å². The number of nitrogens with one attached hydrogen (secondary N) is 1. The molecule has 17 heavy (non-hydrogen) atoms. The Morgan fingerprint density at radius 2 is 2.00 bits per heavy atom. The van der Waals surface area contributed by atoms with Gasteiger partial charge in [0.2, 0.25) is 11.8 Å². The first-order chi connectivity index (χ1) is 7.79. The van der Waals surface area contributed by atoms with Crippen molar-refractivity contribution in [3.8, 4) is 0 Å². The monoisotopic (exact) mass is 259 g/mol. The highest BCUT2D eigenvalue weighted by Gasteiger charge is 2.36. The van der Waals surface area contributed by atoms with Gasteiger partial charge in [0.05, 0.1) is 10.4 Å². The quantitative estimate of drug-likeness (QED) is 0.672. The van der Waals surface area contributed by atoms with Gasteiger partial charge >= 0.3 is 0 Å². The number of thiocarbonyl (C=S) groups is 1. The molecule has 1 unspecified atom stereocenters. The molecule has 0 aliphatic carbocycles. The number of amides is 2. The summed E-state index contributed by atoms with van der Waals surface area (Å²) in [5, 5.41) is 2.51. The molecule has 0 saturated heterocycles. The summed E-state index contributed by atoms with van der Waals surface area (Å²) >= 11 is 4.93. The normalized spacial score (nSPS) is 13.6. The molecule has 0 radical (unpaired) electrons. The standard InChI is InChI=1S/C11H21N3O2S/c1-5-11(2,9(12)17)10(16)14(4)7-6-8(15)13-3/h5-7H2,1-4H3,(H2,12,17)(H,13,15). The van der Waals surface area contributed by atoms with Crippen LogP contribution in [0.5, 0.6) is 0 Å². The average molecular weight is 259 g/mol. The Hall–Kier alpha value is -1.17. The van der Waals surface area contributed by atoms with E-state index in [0.717, 1.165) is 0 Å². The first-order valence-corrected chi connectivity index (χ1v) is 5.96. The molecule has 0 bridgehead atoms. The van der Waals surface area contributed by atoms with E-state index < -0.39 is 5.41 Å². The second-order valence-corrected chi connectivity index (χ2v) is 4.64. The molecule has 0 aromatic heterocycles. The molecule has 6 heteroatoms. The molecule has 0 aliphatic heterocycles. The van der Waals surface area contributed by atoms with Gasteiger partial charge < -0.3 is 16.0 Å². The highest BCUT2D eigenvalue weighted by Crippen LogP contribution is 2.24. The van der Waals surface area contributed by atoms with Crippen LogP contribution in [-0.2, 0) is 9.59 Å². The number of carbonyl (C=O) groups excluding carboxylic acids is 2. The molecular formula is C11H21N3O2S. The molecule has 0 rings (SSSR count). The van der Waals surface area contributed by atoms with Gasteiger partial charge in [0.25, 0.3) is 0 Å². The van der Waals surface area contributed by atoms with Crippen molar-refractivity contribution < 1.29 is 9.59 Å². The first kappa shape index (κ1) is 15.8. The Bertz CT molecular complexity index is 320. The van der Waals surface area contributed by atoms with Crippen LogP contribution in [0.1, 0.15) is 26.7 Å². The predicted octanol–water partition coefficient (Wildman–Crippen LogP) is 0.283. The summed E-state index contributed by atoms with van der Waals surface area (Å²) in [6, 6.07) is 0. The minimum atomic E-state index is -0.827. The van der Waals surface area contributed by atoms with E-state index in [-0.39, 0.29) is 23.2 Å². The molecule has 0 aromatic carbocycles. The number of carbonyl (C=O) groups is 2. The van der Waals surface area contributed by atoms with Gasteiger partial charge in [0.1, 0.15) is 0 Å². The summed E-state index contributed by atoms with van der Waals surface area (Å²) in [7, 11) is 3.22. The second kappa shape index (κ2) is 6.54. The number of hydrogen-bond acceptors (Lipinski definition) is 3. The lowest BCUT2D eigenvalue weighted by Gasteiger charge is -2.30. The zero-order valence-corrected chi connectivity index (χ0v) is 11.7. The van der Waals surface area contributed by atoms with Crippen LogP contribution >= 0.6 is 12.2 Å². The second-order valence-electron chi connectivity index (χ2n) is 4.20. The highest BCUT2D eigenvalue weighted by molar-refractivity contribution is 7.80. The van der Waals surface area contributed by atoms with Gasteiger partial charge in [-0.3, -0.25) is 9.59 Å². The molecule has 0 heterocycles. The van der Waals surface area contributed by atoms with Gasteiger partial charge in [0, 0.05) is 27.1 Å². The van der Waals surface area contributed by atoms with E-state index in [0.29, 0.717) is 13.0 Å². The van der Waals surface area contributed by atoms with Gasteiger partial charge in [-0.1, -0.05) is 19.1 Å². The fraction of sp³-hybridized carbons (Fsp3) is 0.727. The van der Waals surface area contributed by atoms with E-state index in [1.54, 1.807) is 21.0 Å². The summed E-state index contributed by atoms with van der Waals surface area (Å²) in [4.78, 5) is 24.9. The lowest BCUT2D eigenvalue weighted by atomic mass is 9.86. The average Bonchev–Trinajstić information content (AvgIpc) is 2.32. The van der Waals surface area contributed by atoms with Gasteiger partial charge in [-0.2, -0.15) is 0 Å². The lowest BCUT2D eigenvalue weighted by molar-refractivity contribution is -0.136. The van der Waals surface area contributed by atoms with E-state index in [2.05, 4.69) is 5.32 Å². The molecular weight excluding hydrogens is 238 g/mol. The molecule has 0 spiro atoms. The Labute approximate surface area is 108 Å². The van der Waals surface area contributed by atoms with Crippen LogP contribution < -0.4 is 11.1 Å². The van der Waals surface area contributed by atoms with Crippen LogP contribution in [0, 0.1) is 5.41 Å². The summed E-state index contributed by atoms with van der Waals surface area (Å²) in [6.07, 6.45) is 0.821. The van der Waals surface area contributed by atoms with Crippen molar-refractivity contribution in [3.05, 3.63) is 0 Å². The minimum absolute atomic E-state index is 0.0989. The third kappa shape index (κ3) is 3.96. The van der Waals surface area contributed by atoms with Crippen LogP contribution in [0.3, 0.4) is 0 Å². The van der Waals surface area contributed by atoms with Crippen molar-refractivity contribution in [1.82, 2.24) is 10.2 Å². The number of nitrogens with zero attached hydrogens (tertiary/aromatic N) is 1. The Morgan fingerprint density at radius 3 is 2.35 bits per heavy atom. The fourth-order valence-corrected chi connectivity index (χ4v) is 1.58. The van der Waals surface area contributed by atoms with Crippen molar-refractivity contribution >= 4 is 29.0 Å². The van der Waals surface area contributed by atoms with E-state index in [4.69, 9.17) is 18.0 Å². The SMILES string of the molecule is CCC(C)(C(=O)N(C)CCC(=O)NC)C(N)=S. The van der Waals surface area contributed by atoms with Crippen molar-refractivity contribution in [2.45, 2.75) is 26.7 Å². The van der Waals surface area contributed by atoms with Crippen molar-refractivity contribution in [3.63, 3.8) is 0 Å². The molecule has 0 fully saturated rings. The number of nitrogens with two attached hydrogens (primary N) is 1. The number of hydrogen-bond donors (Lipinski definition) is 2. The fourth-order valence-electron chi connectivity index (χ4n) is 1.35. The van der Waals surface area contributed by atoms with Crippen molar-refractivity contribution in [1.29, 1.82) is 0 Å². The van der Waals surface area contributed by atoms with Crippen LogP contribution in [-0.4, -0.2) is 42.3 Å². The van der Waals surface area contributed by atoms with E-state index in [1.165, 1.54) is 4.90 Å². The largest absolute Gasteiger partial charge is 0.392 e. The van der Waals surface area contributed by atoms with Crippen molar-refractivity contribution in [2.75, 3.05) is 20.6 Å². The van der Waals surface area contributed by atoms with Gasteiger partial charge in [0.15, 0.2) is 0 Å². The zero-order valence-electron chi connectivity index (χ0n) is 10.9. The van der Waals surface area contributed by atoms with Crippen LogP contribution in [0.2, 0.25) is 0 Å². The third-order valence-corrected chi connectivity index (χ3v) is 3.47. The Morgan fingerprint density at radius 1 is 1.47 bits per heavy atom. The van der Waals surface area contributed by atoms with Crippen LogP contribution in [0.15, 0.2) is 0 Å². The highest BCUT2D eigenvalue weighted by atomic mass is 32.1. The van der Waals surface area contributed by atoms with E-state index in [9.17, 15) is 9.59 Å². The van der Waals surface area contributed by atoms with Gasteiger partial charge in [-0.25, -0.2) is 0 Å². The zero-order chi connectivity index (χ0) is 13.6. The van der Waals surface area contributed by atoms with E-state index >= 15 is 0 Å². The third-order valence-electron chi connectivity index (χ3n) is 3.02. The van der Waals surface area contributed by atoms with Gasteiger partial charge in [-0.05, 0) is 13.3 Å². The molecule has 5 nitrogen and oxygen atoms in total. The summed E-state index contributed by atoms with van der Waals surface area (Å²) < 4.78 is 0. The molecule has 2 amide bonds. The molecule has 0 aliphatic rings. The molecule has 98 valence electrons. The maximum Gasteiger partial charge on any atom is 0.235 e. The summed E-state index contributed by atoms with van der Waals surface area (Å²) in [5.41, 5.74) is 4.78.